The third-order valence-electron chi connectivity index (χ3n) is 7.43. The van der Waals surface area contributed by atoms with Crippen LogP contribution >= 0.6 is 11.8 Å². The predicted molar refractivity (Wildman–Crippen MR) is 123 cm³/mol. The molecule has 31 heavy (non-hydrogen) atoms. The molecule has 4 atom stereocenters. The normalized spacial score (nSPS) is 26.1. The summed E-state index contributed by atoms with van der Waals surface area (Å²) >= 11 is 1.40. The van der Waals surface area contributed by atoms with E-state index in [1.165, 1.54) is 22.9 Å². The van der Waals surface area contributed by atoms with Gasteiger partial charge in [-0.2, -0.15) is 5.10 Å². The summed E-state index contributed by atoms with van der Waals surface area (Å²) < 4.78 is 1.24. The van der Waals surface area contributed by atoms with Gasteiger partial charge in [0.1, 0.15) is 6.54 Å². The second kappa shape index (κ2) is 8.65. The first-order chi connectivity index (χ1) is 14.8. The maximum Gasteiger partial charge on any atom is 0.283 e. The largest absolute Gasteiger partial charge is 0.380 e. The molecule has 3 saturated carbocycles. The lowest BCUT2D eigenvalue weighted by Gasteiger charge is -2.62. The van der Waals surface area contributed by atoms with Gasteiger partial charge in [-0.1, -0.05) is 20.8 Å². The number of fused-ring (bicyclic) bond motifs is 2. The second-order valence-corrected chi connectivity index (χ2v) is 10.2. The Morgan fingerprint density at radius 3 is 2.68 bits per heavy atom. The van der Waals surface area contributed by atoms with Gasteiger partial charge in [-0.25, -0.2) is 4.68 Å². The van der Waals surface area contributed by atoms with Crippen LogP contribution in [0, 0.1) is 23.2 Å². The van der Waals surface area contributed by atoms with Crippen LogP contribution in [0.3, 0.4) is 0 Å². The molecule has 3 fully saturated rings. The van der Waals surface area contributed by atoms with Crippen LogP contribution in [0.2, 0.25) is 0 Å². The number of carbonyl (C=O) groups excluding carboxylic acids is 1. The monoisotopic (exact) mass is 441 g/mol. The molecule has 0 saturated heterocycles. The van der Waals surface area contributed by atoms with E-state index in [9.17, 15) is 9.59 Å². The first-order valence-electron chi connectivity index (χ1n) is 10.9. The average Bonchev–Trinajstić information content (AvgIpc) is 2.76. The predicted octanol–water partition coefficient (Wildman–Crippen LogP) is 3.16. The highest BCUT2D eigenvalue weighted by Gasteiger charge is 2.56. The summed E-state index contributed by atoms with van der Waals surface area (Å²) in [6.45, 7) is 7.38. The van der Waals surface area contributed by atoms with Crippen molar-refractivity contribution in [1.82, 2.24) is 20.1 Å². The van der Waals surface area contributed by atoms with E-state index in [2.05, 4.69) is 41.5 Å². The number of nitrogens with one attached hydrogen (secondary N) is 2. The fraction of sp³-hybridized carbons (Fsp3) is 0.565. The summed E-state index contributed by atoms with van der Waals surface area (Å²) in [6.07, 6.45) is 9.39. The van der Waals surface area contributed by atoms with Crippen LogP contribution in [0.4, 0.5) is 5.69 Å². The van der Waals surface area contributed by atoms with Crippen LogP contribution < -0.4 is 16.2 Å². The fourth-order valence-corrected chi connectivity index (χ4v) is 5.93. The first kappa shape index (κ1) is 21.9. The minimum atomic E-state index is -0.248. The Bertz CT molecular complexity index is 1010. The highest BCUT2D eigenvalue weighted by atomic mass is 32.2. The molecule has 2 aromatic rings. The summed E-state index contributed by atoms with van der Waals surface area (Å²) in [4.78, 5) is 29.9. The number of amides is 1. The van der Waals surface area contributed by atoms with Crippen molar-refractivity contribution in [3.8, 4) is 0 Å². The number of nitrogens with zero attached hydrogens (tertiary/aromatic N) is 3. The van der Waals surface area contributed by atoms with Crippen LogP contribution in [0.1, 0.15) is 39.2 Å². The molecule has 2 bridgehead atoms. The fourth-order valence-electron chi connectivity index (χ4n) is 5.32. The summed E-state index contributed by atoms with van der Waals surface area (Å²) in [5, 5.41) is 10.7. The van der Waals surface area contributed by atoms with Crippen molar-refractivity contribution >= 4 is 23.4 Å². The average molecular weight is 442 g/mol. The van der Waals surface area contributed by atoms with Gasteiger partial charge >= 0.3 is 0 Å². The summed E-state index contributed by atoms with van der Waals surface area (Å²) in [5.41, 5.74) is 1.92. The third kappa shape index (κ3) is 4.22. The molecule has 0 aliphatic heterocycles. The molecule has 2 N–H and O–H groups in total. The molecule has 0 unspecified atom stereocenters. The van der Waals surface area contributed by atoms with Gasteiger partial charge in [-0.05, 0) is 60.0 Å². The van der Waals surface area contributed by atoms with Crippen molar-refractivity contribution < 1.29 is 4.79 Å². The number of carbonyl (C=O) groups is 1. The number of rotatable bonds is 7. The lowest BCUT2D eigenvalue weighted by molar-refractivity contribution is -0.122. The van der Waals surface area contributed by atoms with Gasteiger partial charge in [-0.3, -0.25) is 14.6 Å². The van der Waals surface area contributed by atoms with Crippen molar-refractivity contribution in [3.05, 3.63) is 46.6 Å². The lowest BCUT2D eigenvalue weighted by atomic mass is 9.45. The van der Waals surface area contributed by atoms with Gasteiger partial charge in [-0.15, -0.1) is 11.8 Å². The Morgan fingerprint density at radius 1 is 1.29 bits per heavy atom. The highest BCUT2D eigenvalue weighted by Crippen LogP contribution is 2.61. The molecule has 1 amide bonds. The highest BCUT2D eigenvalue weighted by molar-refractivity contribution is 7.98. The van der Waals surface area contributed by atoms with Gasteiger partial charge < -0.3 is 10.6 Å². The molecule has 8 heteroatoms. The molecule has 0 radical (unpaired) electrons. The summed E-state index contributed by atoms with van der Waals surface area (Å²) in [6, 6.07) is 4.03. The van der Waals surface area contributed by atoms with Gasteiger partial charge in [0.15, 0.2) is 0 Å². The third-order valence-corrected chi connectivity index (χ3v) is 8.23. The van der Waals surface area contributed by atoms with E-state index < -0.39 is 0 Å². The van der Waals surface area contributed by atoms with Crippen molar-refractivity contribution in [2.24, 2.45) is 23.2 Å². The Hall–Kier alpha value is -2.35. The SMILES string of the molecule is CSc1c(N[C@@H]2C[C@H]3C[C@@H]([C@H]2C)C3(C)C)cnn(CC(=O)NCc2ccncc2)c1=O. The van der Waals surface area contributed by atoms with Crippen LogP contribution in [0.5, 0.6) is 0 Å². The second-order valence-electron chi connectivity index (χ2n) is 9.39. The number of hydrogen-bond acceptors (Lipinski definition) is 6. The molecular formula is C23H31N5O2S. The standard InChI is InChI=1S/C23H31N5O2S/c1-14-17-9-16(23(17,2)3)10-18(14)27-19-12-26-28(22(30)21(19)31-4)13-20(29)25-11-15-5-7-24-8-6-15/h5-8,12,14,16-18,27H,9-11,13H2,1-4H3,(H,25,29)/t14-,16-,17+,18-/m1/s1. The Kier molecular flexibility index (Phi) is 6.10. The molecule has 0 aromatic carbocycles. The van der Waals surface area contributed by atoms with E-state index in [0.717, 1.165) is 29.5 Å². The maximum absolute atomic E-state index is 13.0. The molecule has 3 aliphatic rings. The number of hydrogen-bond donors (Lipinski definition) is 2. The van der Waals surface area contributed by atoms with Crippen LogP contribution in [-0.2, 0) is 17.9 Å². The van der Waals surface area contributed by atoms with Crippen molar-refractivity contribution in [1.29, 1.82) is 0 Å². The van der Waals surface area contributed by atoms with Crippen molar-refractivity contribution in [3.63, 3.8) is 0 Å². The molecule has 5 rings (SSSR count). The Morgan fingerprint density at radius 2 is 2.03 bits per heavy atom. The Balaban J connectivity index is 1.43. The van der Waals surface area contributed by atoms with Gasteiger partial charge in [0.05, 0.1) is 16.8 Å². The van der Waals surface area contributed by atoms with Crippen molar-refractivity contribution in [2.75, 3.05) is 11.6 Å². The van der Waals surface area contributed by atoms with E-state index in [1.54, 1.807) is 18.6 Å². The van der Waals surface area contributed by atoms with Crippen molar-refractivity contribution in [2.45, 2.75) is 57.6 Å². The maximum atomic E-state index is 13.0. The first-order valence-corrected chi connectivity index (χ1v) is 12.1. The quantitative estimate of drug-likeness (QED) is 0.642. The van der Waals surface area contributed by atoms with Gasteiger partial charge in [0, 0.05) is 25.0 Å². The number of pyridine rings is 1. The zero-order valence-corrected chi connectivity index (χ0v) is 19.4. The number of anilines is 1. The summed E-state index contributed by atoms with van der Waals surface area (Å²) in [7, 11) is 0. The Labute approximate surface area is 187 Å². The van der Waals surface area contributed by atoms with E-state index in [1.807, 2.05) is 18.4 Å². The molecule has 0 spiro atoms. The van der Waals surface area contributed by atoms with Crippen LogP contribution in [-0.4, -0.2) is 33.0 Å². The number of aromatic nitrogens is 3. The van der Waals surface area contributed by atoms with E-state index in [-0.39, 0.29) is 18.0 Å². The van der Waals surface area contributed by atoms with Crippen LogP contribution in [0.15, 0.2) is 40.4 Å². The van der Waals surface area contributed by atoms with E-state index in [0.29, 0.717) is 28.8 Å². The molecule has 166 valence electrons. The minimum absolute atomic E-state index is 0.101. The topological polar surface area (TPSA) is 88.9 Å². The minimum Gasteiger partial charge on any atom is -0.380 e. The molecule has 2 aromatic heterocycles. The molecule has 7 nitrogen and oxygen atoms in total. The molecule has 2 heterocycles. The van der Waals surface area contributed by atoms with E-state index >= 15 is 0 Å². The smallest absolute Gasteiger partial charge is 0.283 e. The number of thioether (sulfide) groups is 1. The van der Waals surface area contributed by atoms with Gasteiger partial charge in [0.25, 0.3) is 5.56 Å². The molecular weight excluding hydrogens is 410 g/mol. The van der Waals surface area contributed by atoms with E-state index in [4.69, 9.17) is 0 Å². The molecule has 3 aliphatic carbocycles. The summed E-state index contributed by atoms with van der Waals surface area (Å²) in [5.74, 6) is 1.76. The zero-order chi connectivity index (χ0) is 22.2. The van der Waals surface area contributed by atoms with Crippen LogP contribution in [0.25, 0.3) is 0 Å². The zero-order valence-electron chi connectivity index (χ0n) is 18.6. The van der Waals surface area contributed by atoms with Gasteiger partial charge in [0.2, 0.25) is 5.91 Å². The lowest BCUT2D eigenvalue weighted by Crippen LogP contribution is -2.58.